The lowest BCUT2D eigenvalue weighted by Crippen LogP contribution is -2.27. The quantitative estimate of drug-likeness (QED) is 0.381. The van der Waals surface area contributed by atoms with Gasteiger partial charge in [-0.15, -0.1) is 0 Å². The zero-order valence-corrected chi connectivity index (χ0v) is 19.1. The van der Waals surface area contributed by atoms with Crippen LogP contribution in [-0.2, 0) is 4.79 Å². The average Bonchev–Trinajstić information content (AvgIpc) is 3.18. The third-order valence-corrected chi connectivity index (χ3v) is 6.41. The number of rotatable bonds is 9. The number of nitrogens with zero attached hydrogens (tertiary/aromatic N) is 3. The number of hydrogen-bond acceptors (Lipinski definition) is 4. The number of carbonyl (C=O) groups is 1. The highest BCUT2D eigenvalue weighted by molar-refractivity contribution is 6.36. The van der Waals surface area contributed by atoms with E-state index in [0.29, 0.717) is 35.0 Å². The van der Waals surface area contributed by atoms with Crippen LogP contribution in [-0.4, -0.2) is 41.4 Å². The van der Waals surface area contributed by atoms with Gasteiger partial charge in [-0.25, -0.2) is 4.98 Å². The predicted molar refractivity (Wildman–Crippen MR) is 131 cm³/mol. The number of carbonyl (C=O) groups excluding carboxylic acids is 1. The largest absolute Gasteiger partial charge is 0.370 e. The van der Waals surface area contributed by atoms with Gasteiger partial charge < -0.3 is 10.6 Å². The van der Waals surface area contributed by atoms with E-state index in [9.17, 15) is 4.79 Å². The van der Waals surface area contributed by atoms with Gasteiger partial charge in [-0.3, -0.25) is 4.79 Å². The molecule has 2 heterocycles. The smallest absolute Gasteiger partial charge is 0.220 e. The van der Waals surface area contributed by atoms with Crippen LogP contribution in [0.1, 0.15) is 51.4 Å². The molecule has 1 fully saturated rings. The maximum atomic E-state index is 12.1. The number of nitrogens with one attached hydrogen (secondary N) is 2. The summed E-state index contributed by atoms with van der Waals surface area (Å²) in [5.41, 5.74) is 2.70. The normalized spacial score (nSPS) is 14.5. The van der Waals surface area contributed by atoms with E-state index >= 15 is 0 Å². The summed E-state index contributed by atoms with van der Waals surface area (Å²) in [6.07, 6.45) is 10.4. The summed E-state index contributed by atoms with van der Waals surface area (Å²) < 4.78 is 1.71. The van der Waals surface area contributed by atoms with Crippen molar-refractivity contribution in [3.8, 4) is 11.3 Å². The van der Waals surface area contributed by atoms with Crippen LogP contribution < -0.4 is 16.1 Å². The predicted octanol–water partition coefficient (Wildman–Crippen LogP) is 4.12. The van der Waals surface area contributed by atoms with Crippen molar-refractivity contribution in [3.05, 3.63) is 41.6 Å². The number of unbranched alkanes of at least 4 members (excludes halogenated alkanes) is 1. The summed E-state index contributed by atoms with van der Waals surface area (Å²) in [5.74, 6) is 1.58. The van der Waals surface area contributed by atoms with Crippen molar-refractivity contribution in [2.24, 2.45) is 5.92 Å². The molecule has 2 aromatic heterocycles. The zero-order chi connectivity index (χ0) is 22.3. The third kappa shape index (κ3) is 5.63. The SMILES string of the molecule is [B]c1cnn2c(NCCCCNC(=O)CC3CCCCC3)cc(-c3ccccc3Cl)nc12. The molecule has 6 nitrogen and oxygen atoms in total. The van der Waals surface area contributed by atoms with E-state index < -0.39 is 0 Å². The molecule has 0 bridgehead atoms. The highest BCUT2D eigenvalue weighted by Crippen LogP contribution is 2.28. The van der Waals surface area contributed by atoms with Crippen LogP contribution in [0.3, 0.4) is 0 Å². The van der Waals surface area contributed by atoms with Crippen LogP contribution in [0.25, 0.3) is 16.9 Å². The molecule has 3 aromatic rings. The average molecular weight is 450 g/mol. The van der Waals surface area contributed by atoms with Crippen LogP contribution in [0.4, 0.5) is 5.82 Å². The van der Waals surface area contributed by atoms with Gasteiger partial charge >= 0.3 is 0 Å². The standard InChI is InChI=1S/C24H29BClN5O/c25-19-16-29-31-22(15-21(30-24(19)31)18-10-4-5-11-20(18)26)27-12-6-7-13-28-23(32)14-17-8-2-1-3-9-17/h4-5,10-11,15-17,27H,1-3,6-9,12-14H2,(H,28,32). The summed E-state index contributed by atoms with van der Waals surface area (Å²) in [6, 6.07) is 9.55. The molecular formula is C24H29BClN5O. The van der Waals surface area contributed by atoms with Gasteiger partial charge in [0.2, 0.25) is 5.91 Å². The maximum Gasteiger partial charge on any atom is 0.220 e. The first-order chi connectivity index (χ1) is 15.6. The number of halogens is 1. The zero-order valence-electron chi connectivity index (χ0n) is 18.3. The van der Waals surface area contributed by atoms with Crippen molar-refractivity contribution < 1.29 is 4.79 Å². The van der Waals surface area contributed by atoms with Crippen LogP contribution >= 0.6 is 11.6 Å². The minimum absolute atomic E-state index is 0.192. The Morgan fingerprint density at radius 1 is 1.16 bits per heavy atom. The van der Waals surface area contributed by atoms with E-state index in [-0.39, 0.29) is 5.91 Å². The van der Waals surface area contributed by atoms with Gasteiger partial charge in [0.15, 0.2) is 5.65 Å². The van der Waals surface area contributed by atoms with Crippen molar-refractivity contribution in [1.29, 1.82) is 0 Å². The van der Waals surface area contributed by atoms with E-state index in [2.05, 4.69) is 20.7 Å². The second-order valence-corrected chi connectivity index (χ2v) is 8.94. The number of aromatic nitrogens is 3. The molecule has 32 heavy (non-hydrogen) atoms. The van der Waals surface area contributed by atoms with Crippen molar-refractivity contribution in [2.45, 2.75) is 51.4 Å². The second kappa shape index (κ2) is 10.9. The van der Waals surface area contributed by atoms with Crippen LogP contribution in [0.2, 0.25) is 5.02 Å². The molecule has 1 aliphatic rings. The molecule has 0 unspecified atom stereocenters. The maximum absolute atomic E-state index is 12.1. The molecule has 1 aromatic carbocycles. The van der Waals surface area contributed by atoms with Gasteiger partial charge in [-0.1, -0.05) is 49.1 Å². The molecule has 1 aliphatic carbocycles. The lowest BCUT2D eigenvalue weighted by atomic mass is 9.87. The molecule has 0 atom stereocenters. The fraction of sp³-hybridized carbons (Fsp3) is 0.458. The summed E-state index contributed by atoms with van der Waals surface area (Å²) in [5, 5.41) is 11.5. The van der Waals surface area contributed by atoms with Gasteiger partial charge in [-0.05, 0) is 43.1 Å². The van der Waals surface area contributed by atoms with E-state index in [1.165, 1.54) is 32.1 Å². The lowest BCUT2D eigenvalue weighted by molar-refractivity contribution is -0.122. The van der Waals surface area contributed by atoms with Gasteiger partial charge in [0.25, 0.3) is 0 Å². The minimum Gasteiger partial charge on any atom is -0.370 e. The van der Waals surface area contributed by atoms with E-state index in [1.54, 1.807) is 10.7 Å². The number of hydrogen-bond donors (Lipinski definition) is 2. The van der Waals surface area contributed by atoms with Crippen molar-refractivity contribution in [2.75, 3.05) is 18.4 Å². The third-order valence-electron chi connectivity index (χ3n) is 6.08. The molecular weight excluding hydrogens is 421 g/mol. The first-order valence-electron chi connectivity index (χ1n) is 11.5. The number of anilines is 1. The fourth-order valence-corrected chi connectivity index (χ4v) is 4.57. The fourth-order valence-electron chi connectivity index (χ4n) is 4.33. The molecule has 0 saturated heterocycles. The van der Waals surface area contributed by atoms with Gasteiger partial charge in [0.1, 0.15) is 13.7 Å². The highest BCUT2D eigenvalue weighted by Gasteiger charge is 2.16. The van der Waals surface area contributed by atoms with Crippen molar-refractivity contribution >= 4 is 42.3 Å². The molecule has 2 N–H and O–H groups in total. The lowest BCUT2D eigenvalue weighted by Gasteiger charge is -2.20. The van der Waals surface area contributed by atoms with Gasteiger partial charge in [0.05, 0.1) is 5.69 Å². The molecule has 0 aliphatic heterocycles. The Labute approximate surface area is 195 Å². The molecule has 0 spiro atoms. The summed E-state index contributed by atoms with van der Waals surface area (Å²) in [4.78, 5) is 16.8. The Hall–Kier alpha value is -2.54. The molecule has 4 rings (SSSR count). The van der Waals surface area contributed by atoms with Crippen molar-refractivity contribution in [3.63, 3.8) is 0 Å². The second-order valence-electron chi connectivity index (χ2n) is 8.53. The van der Waals surface area contributed by atoms with Gasteiger partial charge in [-0.2, -0.15) is 9.61 Å². The Bertz CT molecular complexity index is 1060. The van der Waals surface area contributed by atoms with Crippen molar-refractivity contribution in [1.82, 2.24) is 19.9 Å². The summed E-state index contributed by atoms with van der Waals surface area (Å²) >= 11 is 6.38. The first-order valence-corrected chi connectivity index (χ1v) is 11.9. The Morgan fingerprint density at radius 3 is 2.75 bits per heavy atom. The van der Waals surface area contributed by atoms with E-state index in [4.69, 9.17) is 19.4 Å². The number of benzene rings is 1. The Kier molecular flexibility index (Phi) is 7.69. The highest BCUT2D eigenvalue weighted by atomic mass is 35.5. The molecule has 8 heteroatoms. The summed E-state index contributed by atoms with van der Waals surface area (Å²) in [6.45, 7) is 1.46. The molecule has 1 saturated carbocycles. The molecule has 1 amide bonds. The van der Waals surface area contributed by atoms with E-state index in [0.717, 1.165) is 36.5 Å². The molecule has 2 radical (unpaired) electrons. The first kappa shape index (κ1) is 22.7. The number of fused-ring (bicyclic) bond motifs is 1. The Balaban J connectivity index is 1.30. The minimum atomic E-state index is 0.192. The van der Waals surface area contributed by atoms with E-state index in [1.807, 2.05) is 30.3 Å². The van der Waals surface area contributed by atoms with Crippen LogP contribution in [0.5, 0.6) is 0 Å². The van der Waals surface area contributed by atoms with Crippen LogP contribution in [0, 0.1) is 5.92 Å². The van der Waals surface area contributed by atoms with Crippen LogP contribution in [0.15, 0.2) is 36.5 Å². The molecule has 166 valence electrons. The van der Waals surface area contributed by atoms with Gasteiger partial charge in [0, 0.05) is 42.4 Å². The summed E-state index contributed by atoms with van der Waals surface area (Å²) in [7, 11) is 6.07. The Morgan fingerprint density at radius 2 is 1.94 bits per heavy atom. The topological polar surface area (TPSA) is 71.3 Å². The monoisotopic (exact) mass is 449 g/mol. The number of amides is 1.